The molecular formula is C14H16ClN3S. The molecule has 1 unspecified atom stereocenters. The van der Waals surface area contributed by atoms with E-state index in [1.54, 1.807) is 0 Å². The predicted molar refractivity (Wildman–Crippen MR) is 82.2 cm³/mol. The molecule has 0 radical (unpaired) electrons. The van der Waals surface area contributed by atoms with Crippen LogP contribution in [0.2, 0.25) is 5.02 Å². The molecule has 2 heterocycles. The fourth-order valence-corrected chi connectivity index (χ4v) is 3.94. The number of aromatic nitrogens is 2. The van der Waals surface area contributed by atoms with Crippen LogP contribution in [-0.4, -0.2) is 22.1 Å². The van der Waals surface area contributed by atoms with Gasteiger partial charge >= 0.3 is 0 Å². The maximum atomic E-state index is 6.06. The minimum atomic E-state index is 0.330. The summed E-state index contributed by atoms with van der Waals surface area (Å²) in [5.41, 5.74) is 3.82. The van der Waals surface area contributed by atoms with Crippen LogP contribution in [0, 0.1) is 6.92 Å². The Balaban J connectivity index is 2.08. The second kappa shape index (κ2) is 5.10. The third-order valence-electron chi connectivity index (χ3n) is 3.33. The lowest BCUT2D eigenvalue weighted by Crippen LogP contribution is -2.03. The SMILES string of the molecule is Cc1cc(Cl)ccc1C1SCCNc2nn(C)cc21. The average molecular weight is 294 g/mol. The molecule has 19 heavy (non-hydrogen) atoms. The predicted octanol–water partition coefficient (Wildman–Crippen LogP) is 3.63. The molecule has 1 aliphatic rings. The molecule has 3 nitrogen and oxygen atoms in total. The fraction of sp³-hybridized carbons (Fsp3) is 0.357. The third kappa shape index (κ3) is 2.47. The van der Waals surface area contributed by atoms with Crippen LogP contribution < -0.4 is 5.32 Å². The molecule has 0 aliphatic carbocycles. The number of nitrogens with one attached hydrogen (secondary N) is 1. The van der Waals surface area contributed by atoms with E-state index in [0.29, 0.717) is 5.25 Å². The zero-order valence-corrected chi connectivity index (χ0v) is 12.6. The molecule has 0 bridgehead atoms. The van der Waals surface area contributed by atoms with E-state index in [-0.39, 0.29) is 0 Å². The maximum absolute atomic E-state index is 6.06. The molecular weight excluding hydrogens is 278 g/mol. The Labute approximate surface area is 122 Å². The Kier molecular flexibility index (Phi) is 3.46. The molecule has 0 amide bonds. The molecule has 1 aliphatic heterocycles. The molecule has 0 spiro atoms. The van der Waals surface area contributed by atoms with Gasteiger partial charge in [-0.3, -0.25) is 4.68 Å². The Morgan fingerprint density at radius 1 is 1.42 bits per heavy atom. The Hall–Kier alpha value is -1.13. The molecule has 1 atom stereocenters. The van der Waals surface area contributed by atoms with Gasteiger partial charge in [0.15, 0.2) is 5.82 Å². The summed E-state index contributed by atoms with van der Waals surface area (Å²) in [4.78, 5) is 0. The quantitative estimate of drug-likeness (QED) is 0.871. The molecule has 1 aromatic carbocycles. The molecule has 0 fully saturated rings. The molecule has 0 saturated carbocycles. The molecule has 1 N–H and O–H groups in total. The summed E-state index contributed by atoms with van der Waals surface area (Å²) >= 11 is 8.01. The highest BCUT2D eigenvalue weighted by Crippen LogP contribution is 2.42. The van der Waals surface area contributed by atoms with Crippen molar-refractivity contribution in [2.75, 3.05) is 17.6 Å². The number of fused-ring (bicyclic) bond motifs is 1. The van der Waals surface area contributed by atoms with Crippen molar-refractivity contribution >= 4 is 29.2 Å². The van der Waals surface area contributed by atoms with Crippen LogP contribution in [0.15, 0.2) is 24.4 Å². The van der Waals surface area contributed by atoms with Gasteiger partial charge in [0, 0.05) is 36.1 Å². The normalized spacial score (nSPS) is 18.6. The molecule has 100 valence electrons. The minimum absolute atomic E-state index is 0.330. The van der Waals surface area contributed by atoms with Gasteiger partial charge in [0.05, 0.1) is 5.25 Å². The highest BCUT2D eigenvalue weighted by Gasteiger charge is 2.24. The minimum Gasteiger partial charge on any atom is -0.367 e. The van der Waals surface area contributed by atoms with Gasteiger partial charge in [-0.15, -0.1) is 11.8 Å². The van der Waals surface area contributed by atoms with Crippen molar-refractivity contribution in [2.45, 2.75) is 12.2 Å². The standard InChI is InChI=1S/C14H16ClN3S/c1-9-7-10(15)3-4-11(9)13-12-8-18(2)17-14(12)16-5-6-19-13/h3-4,7-8,13H,5-6H2,1-2H3,(H,16,17). The number of aryl methyl sites for hydroxylation is 2. The number of nitrogens with zero attached hydrogens (tertiary/aromatic N) is 2. The second-order valence-corrected chi connectivity index (χ2v) is 6.43. The van der Waals surface area contributed by atoms with Crippen LogP contribution >= 0.6 is 23.4 Å². The van der Waals surface area contributed by atoms with Crippen LogP contribution in [-0.2, 0) is 7.05 Å². The number of rotatable bonds is 1. The summed E-state index contributed by atoms with van der Waals surface area (Å²) in [6.45, 7) is 3.08. The topological polar surface area (TPSA) is 29.9 Å². The van der Waals surface area contributed by atoms with E-state index >= 15 is 0 Å². The summed E-state index contributed by atoms with van der Waals surface area (Å²) < 4.78 is 1.88. The number of hydrogen-bond acceptors (Lipinski definition) is 3. The van der Waals surface area contributed by atoms with Gasteiger partial charge < -0.3 is 5.32 Å². The lowest BCUT2D eigenvalue weighted by atomic mass is 10.0. The monoisotopic (exact) mass is 293 g/mol. The van der Waals surface area contributed by atoms with Crippen LogP contribution in [0.5, 0.6) is 0 Å². The third-order valence-corrected chi connectivity index (χ3v) is 4.85. The number of anilines is 1. The van der Waals surface area contributed by atoms with Crippen molar-refractivity contribution in [1.82, 2.24) is 9.78 Å². The van der Waals surface area contributed by atoms with E-state index in [1.807, 2.05) is 35.6 Å². The van der Waals surface area contributed by atoms with Crippen LogP contribution in [0.1, 0.15) is 21.9 Å². The van der Waals surface area contributed by atoms with Gasteiger partial charge in [-0.25, -0.2) is 0 Å². The largest absolute Gasteiger partial charge is 0.367 e. The summed E-state index contributed by atoms with van der Waals surface area (Å²) in [6, 6.07) is 6.14. The van der Waals surface area contributed by atoms with Gasteiger partial charge in [-0.05, 0) is 30.2 Å². The summed E-state index contributed by atoms with van der Waals surface area (Å²) in [6.07, 6.45) is 2.11. The Morgan fingerprint density at radius 2 is 2.26 bits per heavy atom. The van der Waals surface area contributed by atoms with Gasteiger partial charge in [-0.2, -0.15) is 5.10 Å². The maximum Gasteiger partial charge on any atom is 0.152 e. The number of halogens is 1. The van der Waals surface area contributed by atoms with Crippen molar-refractivity contribution in [3.8, 4) is 0 Å². The molecule has 2 aromatic rings. The zero-order valence-electron chi connectivity index (χ0n) is 11.0. The molecule has 5 heteroatoms. The van der Waals surface area contributed by atoms with Gasteiger partial charge in [0.2, 0.25) is 0 Å². The Bertz CT molecular complexity index is 609. The summed E-state index contributed by atoms with van der Waals surface area (Å²) in [7, 11) is 1.97. The van der Waals surface area contributed by atoms with Crippen molar-refractivity contribution < 1.29 is 0 Å². The average Bonchev–Trinajstić information content (AvgIpc) is 2.62. The highest BCUT2D eigenvalue weighted by atomic mass is 35.5. The van der Waals surface area contributed by atoms with Crippen LogP contribution in [0.3, 0.4) is 0 Å². The van der Waals surface area contributed by atoms with Crippen LogP contribution in [0.25, 0.3) is 0 Å². The first-order chi connectivity index (χ1) is 9.15. The second-order valence-electron chi connectivity index (χ2n) is 4.79. The van der Waals surface area contributed by atoms with Gasteiger partial charge in [-0.1, -0.05) is 17.7 Å². The van der Waals surface area contributed by atoms with E-state index < -0.39 is 0 Å². The number of thioether (sulfide) groups is 1. The first-order valence-electron chi connectivity index (χ1n) is 6.30. The number of benzene rings is 1. The summed E-state index contributed by atoms with van der Waals surface area (Å²) in [5, 5.41) is 9.02. The number of hydrogen-bond donors (Lipinski definition) is 1. The van der Waals surface area contributed by atoms with E-state index in [0.717, 1.165) is 23.1 Å². The first-order valence-corrected chi connectivity index (χ1v) is 7.73. The first kappa shape index (κ1) is 12.9. The van der Waals surface area contributed by atoms with Crippen molar-refractivity contribution in [3.63, 3.8) is 0 Å². The van der Waals surface area contributed by atoms with E-state index in [2.05, 4.69) is 29.6 Å². The lowest BCUT2D eigenvalue weighted by molar-refractivity contribution is 0.768. The van der Waals surface area contributed by atoms with E-state index in [9.17, 15) is 0 Å². The highest BCUT2D eigenvalue weighted by molar-refractivity contribution is 7.99. The van der Waals surface area contributed by atoms with Crippen molar-refractivity contribution in [1.29, 1.82) is 0 Å². The fourth-order valence-electron chi connectivity index (χ4n) is 2.46. The zero-order chi connectivity index (χ0) is 13.4. The smallest absolute Gasteiger partial charge is 0.152 e. The Morgan fingerprint density at radius 3 is 3.05 bits per heavy atom. The van der Waals surface area contributed by atoms with Crippen LogP contribution in [0.4, 0.5) is 5.82 Å². The van der Waals surface area contributed by atoms with Crippen molar-refractivity contribution in [3.05, 3.63) is 46.1 Å². The van der Waals surface area contributed by atoms with Crippen molar-refractivity contribution in [2.24, 2.45) is 7.05 Å². The molecule has 1 aromatic heterocycles. The van der Waals surface area contributed by atoms with E-state index in [1.165, 1.54) is 16.7 Å². The molecule has 3 rings (SSSR count). The summed E-state index contributed by atoms with van der Waals surface area (Å²) in [5.74, 6) is 2.08. The van der Waals surface area contributed by atoms with Gasteiger partial charge in [0.25, 0.3) is 0 Å². The van der Waals surface area contributed by atoms with Gasteiger partial charge in [0.1, 0.15) is 0 Å². The lowest BCUT2D eigenvalue weighted by Gasteiger charge is -2.16. The molecule has 0 saturated heterocycles. The van der Waals surface area contributed by atoms with E-state index in [4.69, 9.17) is 11.6 Å².